The van der Waals surface area contributed by atoms with Crippen LogP contribution in [-0.4, -0.2) is 37.9 Å². The van der Waals surface area contributed by atoms with Gasteiger partial charge in [0.25, 0.3) is 0 Å². The van der Waals surface area contributed by atoms with Crippen molar-refractivity contribution in [3.05, 3.63) is 72.1 Å². The van der Waals surface area contributed by atoms with Crippen molar-refractivity contribution in [1.82, 2.24) is 24.8 Å². The van der Waals surface area contributed by atoms with E-state index in [9.17, 15) is 0 Å². The van der Waals surface area contributed by atoms with Crippen LogP contribution in [0.1, 0.15) is 35.7 Å². The molecule has 0 saturated carbocycles. The fourth-order valence-corrected chi connectivity index (χ4v) is 3.65. The van der Waals surface area contributed by atoms with Gasteiger partial charge in [0.05, 0.1) is 11.9 Å². The van der Waals surface area contributed by atoms with Gasteiger partial charge >= 0.3 is 0 Å². The van der Waals surface area contributed by atoms with Crippen molar-refractivity contribution < 1.29 is 0 Å². The molecule has 0 bridgehead atoms. The van der Waals surface area contributed by atoms with Crippen molar-refractivity contribution in [1.29, 1.82) is 0 Å². The summed E-state index contributed by atoms with van der Waals surface area (Å²) < 4.78 is 0. The number of aryl methyl sites for hydroxylation is 1. The average Bonchev–Trinajstić information content (AvgIpc) is 2.69. The van der Waals surface area contributed by atoms with Crippen LogP contribution in [0.15, 0.2) is 55.1 Å². The van der Waals surface area contributed by atoms with Crippen LogP contribution in [-0.2, 0) is 6.54 Å². The highest BCUT2D eigenvalue weighted by molar-refractivity contribution is 5.51. The number of aromatic nitrogens is 4. The lowest BCUT2D eigenvalue weighted by atomic mass is 9.91. The van der Waals surface area contributed by atoms with Gasteiger partial charge < -0.3 is 5.32 Å². The van der Waals surface area contributed by atoms with E-state index in [1.54, 1.807) is 18.6 Å². The van der Waals surface area contributed by atoms with E-state index in [-0.39, 0.29) is 0 Å². The molecule has 1 N–H and O–H groups in total. The Morgan fingerprint density at radius 2 is 2.04 bits per heavy atom. The first-order chi connectivity index (χ1) is 13.3. The maximum atomic E-state index is 4.65. The zero-order valence-electron chi connectivity index (χ0n) is 15.5. The molecule has 1 saturated heterocycles. The van der Waals surface area contributed by atoms with Crippen LogP contribution in [0.2, 0.25) is 0 Å². The second kappa shape index (κ2) is 8.22. The number of nitrogens with zero attached hydrogens (tertiary/aromatic N) is 5. The molecular formula is C21H24N6. The third-order valence-corrected chi connectivity index (χ3v) is 4.91. The van der Waals surface area contributed by atoms with E-state index in [1.165, 1.54) is 18.4 Å². The zero-order valence-corrected chi connectivity index (χ0v) is 15.5. The van der Waals surface area contributed by atoms with E-state index < -0.39 is 0 Å². The maximum absolute atomic E-state index is 4.65. The van der Waals surface area contributed by atoms with E-state index >= 15 is 0 Å². The molecule has 4 heterocycles. The van der Waals surface area contributed by atoms with E-state index in [1.807, 2.05) is 19.2 Å². The highest BCUT2D eigenvalue weighted by Crippen LogP contribution is 2.29. The molecule has 4 rings (SSSR count). The van der Waals surface area contributed by atoms with Crippen molar-refractivity contribution in [2.75, 3.05) is 18.4 Å². The van der Waals surface area contributed by atoms with E-state index in [0.29, 0.717) is 11.7 Å². The Hall–Kier alpha value is -2.86. The van der Waals surface area contributed by atoms with Crippen LogP contribution in [0.25, 0.3) is 0 Å². The van der Waals surface area contributed by atoms with Gasteiger partial charge in [0.2, 0.25) is 0 Å². The maximum Gasteiger partial charge on any atom is 0.150 e. The summed E-state index contributed by atoms with van der Waals surface area (Å²) in [6.45, 7) is 5.13. The third-order valence-electron chi connectivity index (χ3n) is 4.91. The molecule has 6 nitrogen and oxygen atoms in total. The van der Waals surface area contributed by atoms with Crippen LogP contribution < -0.4 is 5.32 Å². The lowest BCUT2D eigenvalue weighted by Crippen LogP contribution is -2.34. The number of rotatable bonds is 5. The SMILES string of the molecule is Cc1cccc(CN2CCCC(c3ccnc(Nc4cnccn4)c3)C2)n1. The largest absolute Gasteiger partial charge is 0.324 e. The normalized spacial score (nSPS) is 17.6. The first-order valence-corrected chi connectivity index (χ1v) is 9.40. The summed E-state index contributed by atoms with van der Waals surface area (Å²) in [6, 6.07) is 10.5. The fraction of sp³-hybridized carbons (Fsp3) is 0.333. The van der Waals surface area contributed by atoms with Crippen molar-refractivity contribution in [2.24, 2.45) is 0 Å². The predicted molar refractivity (Wildman–Crippen MR) is 106 cm³/mol. The van der Waals surface area contributed by atoms with Crippen molar-refractivity contribution in [2.45, 2.75) is 32.2 Å². The molecule has 0 aromatic carbocycles. The number of hydrogen-bond donors (Lipinski definition) is 1. The summed E-state index contributed by atoms with van der Waals surface area (Å²) in [4.78, 5) is 19.9. The topological polar surface area (TPSA) is 66.8 Å². The standard InChI is InChI=1S/C21H24N6/c1-16-4-2-6-19(25-16)15-27-11-3-5-18(14-27)17-7-8-23-20(12-17)26-21-13-22-9-10-24-21/h2,4,6-10,12-13,18H,3,5,11,14-15H2,1H3,(H,23,24,26). The van der Waals surface area contributed by atoms with Gasteiger partial charge in [-0.3, -0.25) is 14.9 Å². The van der Waals surface area contributed by atoms with Crippen LogP contribution >= 0.6 is 0 Å². The molecule has 1 atom stereocenters. The van der Waals surface area contributed by atoms with Crippen molar-refractivity contribution >= 4 is 11.6 Å². The Labute approximate surface area is 159 Å². The minimum Gasteiger partial charge on any atom is -0.324 e. The van der Waals surface area contributed by atoms with Crippen LogP contribution in [0, 0.1) is 6.92 Å². The average molecular weight is 360 g/mol. The predicted octanol–water partition coefficient (Wildman–Crippen LogP) is 3.70. The Balaban J connectivity index is 1.44. The smallest absolute Gasteiger partial charge is 0.150 e. The van der Waals surface area contributed by atoms with Gasteiger partial charge in [0.15, 0.2) is 0 Å². The van der Waals surface area contributed by atoms with E-state index in [4.69, 9.17) is 0 Å². The quantitative estimate of drug-likeness (QED) is 0.748. The van der Waals surface area contributed by atoms with Gasteiger partial charge in [0.1, 0.15) is 11.6 Å². The first kappa shape index (κ1) is 17.5. The lowest BCUT2D eigenvalue weighted by molar-refractivity contribution is 0.198. The zero-order chi connectivity index (χ0) is 18.5. The van der Waals surface area contributed by atoms with Crippen LogP contribution in [0.3, 0.4) is 0 Å². The molecule has 0 aliphatic carbocycles. The monoisotopic (exact) mass is 360 g/mol. The molecule has 0 spiro atoms. The molecule has 1 unspecified atom stereocenters. The molecule has 0 radical (unpaired) electrons. The van der Waals surface area contributed by atoms with Gasteiger partial charge in [-0.2, -0.15) is 0 Å². The summed E-state index contributed by atoms with van der Waals surface area (Å²) in [5.41, 5.74) is 3.54. The van der Waals surface area contributed by atoms with Gasteiger partial charge in [-0.15, -0.1) is 0 Å². The molecule has 3 aromatic rings. The second-order valence-corrected chi connectivity index (χ2v) is 7.03. The number of piperidine rings is 1. The molecule has 1 aliphatic heterocycles. The fourth-order valence-electron chi connectivity index (χ4n) is 3.65. The lowest BCUT2D eigenvalue weighted by Gasteiger charge is -2.32. The summed E-state index contributed by atoms with van der Waals surface area (Å²) in [7, 11) is 0. The molecule has 3 aromatic heterocycles. The number of hydrogen-bond acceptors (Lipinski definition) is 6. The Kier molecular flexibility index (Phi) is 5.34. The summed E-state index contributed by atoms with van der Waals surface area (Å²) in [5.74, 6) is 2.03. The minimum atomic E-state index is 0.508. The van der Waals surface area contributed by atoms with E-state index in [0.717, 1.165) is 36.8 Å². The molecule has 6 heteroatoms. The van der Waals surface area contributed by atoms with Crippen molar-refractivity contribution in [3.8, 4) is 0 Å². The van der Waals surface area contributed by atoms with Crippen molar-refractivity contribution in [3.63, 3.8) is 0 Å². The van der Waals surface area contributed by atoms with Gasteiger partial charge in [-0.05, 0) is 62.1 Å². The molecule has 0 amide bonds. The summed E-state index contributed by atoms with van der Waals surface area (Å²) in [5, 5.41) is 3.23. The van der Waals surface area contributed by atoms with E-state index in [2.05, 4.69) is 54.4 Å². The molecule has 138 valence electrons. The Bertz CT molecular complexity index is 883. The highest BCUT2D eigenvalue weighted by Gasteiger charge is 2.22. The third kappa shape index (κ3) is 4.65. The molecule has 1 aliphatic rings. The summed E-state index contributed by atoms with van der Waals surface area (Å²) >= 11 is 0. The van der Waals surface area contributed by atoms with Gasteiger partial charge in [-0.25, -0.2) is 9.97 Å². The molecule has 1 fully saturated rings. The highest BCUT2D eigenvalue weighted by atomic mass is 15.1. The van der Waals surface area contributed by atoms with Gasteiger partial charge in [-0.1, -0.05) is 6.07 Å². The number of anilines is 2. The number of nitrogens with one attached hydrogen (secondary N) is 1. The minimum absolute atomic E-state index is 0.508. The molecule has 27 heavy (non-hydrogen) atoms. The van der Waals surface area contributed by atoms with Gasteiger partial charge in [0, 0.05) is 37.4 Å². The first-order valence-electron chi connectivity index (χ1n) is 9.40. The number of likely N-dealkylation sites (tertiary alicyclic amines) is 1. The number of pyridine rings is 2. The summed E-state index contributed by atoms with van der Waals surface area (Å²) in [6.07, 6.45) is 9.30. The second-order valence-electron chi connectivity index (χ2n) is 7.03. The Morgan fingerprint density at radius 1 is 1.11 bits per heavy atom. The van der Waals surface area contributed by atoms with Crippen LogP contribution in [0.4, 0.5) is 11.6 Å². The molecular weight excluding hydrogens is 336 g/mol. The Morgan fingerprint density at radius 3 is 2.89 bits per heavy atom. The van der Waals surface area contributed by atoms with Crippen LogP contribution in [0.5, 0.6) is 0 Å².